The van der Waals surface area contributed by atoms with Crippen LogP contribution in [0.2, 0.25) is 0 Å². The Labute approximate surface area is 109 Å². The molecular weight excluding hydrogens is 232 g/mol. The van der Waals surface area contributed by atoms with Crippen molar-refractivity contribution in [1.29, 1.82) is 0 Å². The van der Waals surface area contributed by atoms with Gasteiger partial charge in [-0.2, -0.15) is 0 Å². The fourth-order valence-electron chi connectivity index (χ4n) is 1.93. The molecule has 18 heavy (non-hydrogen) atoms. The highest BCUT2D eigenvalue weighted by atomic mass is 16.4. The Bertz CT molecular complexity index is 267. The molecule has 5 nitrogen and oxygen atoms in total. The van der Waals surface area contributed by atoms with Gasteiger partial charge in [0, 0.05) is 18.0 Å². The van der Waals surface area contributed by atoms with Crippen LogP contribution in [0.1, 0.15) is 59.8 Å². The van der Waals surface area contributed by atoms with Gasteiger partial charge in [-0.1, -0.05) is 20.8 Å². The molecule has 0 aliphatic rings. The maximum absolute atomic E-state index is 11.8. The lowest BCUT2D eigenvalue weighted by atomic mass is 9.90. The van der Waals surface area contributed by atoms with Gasteiger partial charge in [-0.3, -0.25) is 4.79 Å². The minimum atomic E-state index is -0.839. The lowest BCUT2D eigenvalue weighted by Crippen LogP contribution is -2.52. The number of carboxylic acids is 1. The summed E-state index contributed by atoms with van der Waals surface area (Å²) < 4.78 is 0. The number of carbonyl (C=O) groups is 2. The van der Waals surface area contributed by atoms with E-state index >= 15 is 0 Å². The standard InChI is InChI=1S/C13H26N2O3/c1-5-13(6-2,7-3)15-12(18)14-10(4)8-9-11(16)17/h10H,5-9H2,1-4H3,(H,16,17)(H2,14,15,18). The molecule has 0 fully saturated rings. The van der Waals surface area contributed by atoms with Crippen LogP contribution >= 0.6 is 0 Å². The number of hydrogen-bond donors (Lipinski definition) is 3. The maximum Gasteiger partial charge on any atom is 0.315 e. The van der Waals surface area contributed by atoms with E-state index in [0.717, 1.165) is 19.3 Å². The second-order valence-corrected chi connectivity index (χ2v) is 4.77. The predicted molar refractivity (Wildman–Crippen MR) is 71.6 cm³/mol. The largest absolute Gasteiger partial charge is 0.481 e. The highest BCUT2D eigenvalue weighted by molar-refractivity contribution is 5.75. The minimum Gasteiger partial charge on any atom is -0.481 e. The third-order valence-electron chi connectivity index (χ3n) is 3.58. The van der Waals surface area contributed by atoms with Gasteiger partial charge in [-0.15, -0.1) is 0 Å². The van der Waals surface area contributed by atoms with Crippen LogP contribution in [-0.4, -0.2) is 28.7 Å². The number of amides is 2. The summed E-state index contributed by atoms with van der Waals surface area (Å²) in [7, 11) is 0. The van der Waals surface area contributed by atoms with Crippen LogP contribution in [0.5, 0.6) is 0 Å². The van der Waals surface area contributed by atoms with Crippen molar-refractivity contribution in [2.24, 2.45) is 0 Å². The van der Waals surface area contributed by atoms with Gasteiger partial charge >= 0.3 is 12.0 Å². The van der Waals surface area contributed by atoms with Crippen molar-refractivity contribution in [3.8, 4) is 0 Å². The van der Waals surface area contributed by atoms with Crippen molar-refractivity contribution in [2.45, 2.75) is 71.4 Å². The lowest BCUT2D eigenvalue weighted by molar-refractivity contribution is -0.137. The monoisotopic (exact) mass is 258 g/mol. The SMILES string of the molecule is CCC(CC)(CC)NC(=O)NC(C)CCC(=O)O. The molecular formula is C13H26N2O3. The number of carboxylic acid groups (broad SMARTS) is 1. The average Bonchev–Trinajstić information content (AvgIpc) is 2.33. The molecule has 5 heteroatoms. The quantitative estimate of drug-likeness (QED) is 0.626. The average molecular weight is 258 g/mol. The van der Waals surface area contributed by atoms with E-state index in [1.54, 1.807) is 0 Å². The topological polar surface area (TPSA) is 78.4 Å². The van der Waals surface area contributed by atoms with Crippen LogP contribution in [0.4, 0.5) is 4.79 Å². The molecule has 0 aromatic carbocycles. The summed E-state index contributed by atoms with van der Waals surface area (Å²) in [5.74, 6) is -0.839. The van der Waals surface area contributed by atoms with Gasteiger partial charge in [0.25, 0.3) is 0 Å². The second kappa shape index (κ2) is 7.95. The molecule has 0 aliphatic carbocycles. The Kier molecular flexibility index (Phi) is 7.39. The van der Waals surface area contributed by atoms with Crippen molar-refractivity contribution < 1.29 is 14.7 Å². The number of aliphatic carboxylic acids is 1. The molecule has 0 aliphatic heterocycles. The first kappa shape index (κ1) is 16.7. The number of rotatable bonds is 8. The molecule has 1 unspecified atom stereocenters. The van der Waals surface area contributed by atoms with Gasteiger partial charge in [0.2, 0.25) is 0 Å². The van der Waals surface area contributed by atoms with Gasteiger partial charge in [-0.05, 0) is 32.6 Å². The van der Waals surface area contributed by atoms with Gasteiger partial charge in [-0.25, -0.2) is 4.79 Å². The number of nitrogens with one attached hydrogen (secondary N) is 2. The first-order valence-electron chi connectivity index (χ1n) is 6.69. The summed E-state index contributed by atoms with van der Waals surface area (Å²) in [5, 5.41) is 14.3. The molecule has 0 rings (SSSR count). The smallest absolute Gasteiger partial charge is 0.315 e. The summed E-state index contributed by atoms with van der Waals surface area (Å²) in [6.45, 7) is 7.98. The van der Waals surface area contributed by atoms with E-state index in [2.05, 4.69) is 31.4 Å². The molecule has 0 spiro atoms. The van der Waals surface area contributed by atoms with Crippen molar-refractivity contribution in [3.63, 3.8) is 0 Å². The fourth-order valence-corrected chi connectivity index (χ4v) is 1.93. The molecule has 2 amide bonds. The summed E-state index contributed by atoms with van der Waals surface area (Å²) >= 11 is 0. The molecule has 0 aromatic heterocycles. The minimum absolute atomic E-state index is 0.0714. The molecule has 0 saturated heterocycles. The van der Waals surface area contributed by atoms with Crippen molar-refractivity contribution in [3.05, 3.63) is 0 Å². The summed E-state index contributed by atoms with van der Waals surface area (Å²) in [6, 6.07) is -0.345. The zero-order chi connectivity index (χ0) is 14.2. The van der Waals surface area contributed by atoms with Crippen LogP contribution in [0.3, 0.4) is 0 Å². The first-order chi connectivity index (χ1) is 8.39. The summed E-state index contributed by atoms with van der Waals surface area (Å²) in [6.07, 6.45) is 3.17. The van der Waals surface area contributed by atoms with Crippen molar-refractivity contribution in [1.82, 2.24) is 10.6 Å². The van der Waals surface area contributed by atoms with Crippen molar-refractivity contribution in [2.75, 3.05) is 0 Å². The second-order valence-electron chi connectivity index (χ2n) is 4.77. The molecule has 106 valence electrons. The van der Waals surface area contributed by atoms with E-state index in [1.165, 1.54) is 0 Å². The van der Waals surface area contributed by atoms with E-state index in [0.29, 0.717) is 6.42 Å². The van der Waals surface area contributed by atoms with E-state index in [4.69, 9.17) is 5.11 Å². The zero-order valence-electron chi connectivity index (χ0n) is 11.9. The maximum atomic E-state index is 11.8. The van der Waals surface area contributed by atoms with Gasteiger partial charge in [0.05, 0.1) is 0 Å². The molecule has 3 N–H and O–H groups in total. The third-order valence-corrected chi connectivity index (χ3v) is 3.58. The number of carbonyl (C=O) groups excluding carboxylic acids is 1. The first-order valence-corrected chi connectivity index (χ1v) is 6.69. The van der Waals surface area contributed by atoms with Crippen LogP contribution in [0.15, 0.2) is 0 Å². The lowest BCUT2D eigenvalue weighted by Gasteiger charge is -2.32. The molecule has 0 aromatic rings. The Morgan fingerprint density at radius 2 is 1.67 bits per heavy atom. The van der Waals surface area contributed by atoms with Crippen LogP contribution < -0.4 is 10.6 Å². The Morgan fingerprint density at radius 1 is 1.17 bits per heavy atom. The Hall–Kier alpha value is -1.26. The van der Waals surface area contributed by atoms with Gasteiger partial charge < -0.3 is 15.7 Å². The molecule has 0 radical (unpaired) electrons. The predicted octanol–water partition coefficient (Wildman–Crippen LogP) is 2.51. The fraction of sp³-hybridized carbons (Fsp3) is 0.846. The molecule has 0 bridgehead atoms. The molecule has 0 heterocycles. The van der Waals surface area contributed by atoms with Gasteiger partial charge in [0.15, 0.2) is 0 Å². The van der Waals surface area contributed by atoms with Crippen LogP contribution in [-0.2, 0) is 4.79 Å². The number of hydrogen-bond acceptors (Lipinski definition) is 2. The molecule has 1 atom stereocenters. The summed E-state index contributed by atoms with van der Waals surface area (Å²) in [5.41, 5.74) is -0.156. The van der Waals surface area contributed by atoms with Crippen molar-refractivity contribution >= 4 is 12.0 Å². The highest BCUT2D eigenvalue weighted by Crippen LogP contribution is 2.18. The van der Waals surface area contributed by atoms with E-state index in [-0.39, 0.29) is 24.0 Å². The van der Waals surface area contributed by atoms with E-state index in [9.17, 15) is 9.59 Å². The van der Waals surface area contributed by atoms with Crippen LogP contribution in [0, 0.1) is 0 Å². The zero-order valence-corrected chi connectivity index (χ0v) is 11.9. The van der Waals surface area contributed by atoms with Crippen LogP contribution in [0.25, 0.3) is 0 Å². The molecule has 0 saturated carbocycles. The van der Waals surface area contributed by atoms with Gasteiger partial charge in [0.1, 0.15) is 0 Å². The third kappa shape index (κ3) is 5.89. The number of urea groups is 1. The van der Waals surface area contributed by atoms with E-state index in [1.807, 2.05) is 6.92 Å². The normalized spacial score (nSPS) is 12.9. The highest BCUT2D eigenvalue weighted by Gasteiger charge is 2.26. The Balaban J connectivity index is 4.20. The Morgan fingerprint density at radius 3 is 2.06 bits per heavy atom. The summed E-state index contributed by atoms with van der Waals surface area (Å²) in [4.78, 5) is 22.2. The van der Waals surface area contributed by atoms with E-state index < -0.39 is 5.97 Å².